The highest BCUT2D eigenvalue weighted by Crippen LogP contribution is 2.46. The second kappa shape index (κ2) is 21.4. The molecule has 0 saturated heterocycles. The van der Waals surface area contributed by atoms with Gasteiger partial charge in [-0.3, -0.25) is 0 Å². The van der Waals surface area contributed by atoms with Crippen molar-refractivity contribution in [3.8, 4) is 55.6 Å². The van der Waals surface area contributed by atoms with Crippen molar-refractivity contribution in [3.05, 3.63) is 296 Å². The molecule has 388 valence electrons. The maximum Gasteiger partial charge on any atom is 0.489 e. The summed E-state index contributed by atoms with van der Waals surface area (Å²) in [6.45, 7) is 1.98. The van der Waals surface area contributed by atoms with E-state index < -0.39 is 61.5 Å². The van der Waals surface area contributed by atoms with Crippen molar-refractivity contribution < 1.29 is 46.3 Å². The number of benzene rings is 14. The summed E-state index contributed by atoms with van der Waals surface area (Å²) >= 11 is 0. The van der Waals surface area contributed by atoms with E-state index in [-0.39, 0.29) is 88.7 Å². The van der Waals surface area contributed by atoms with Crippen LogP contribution in [0.15, 0.2) is 300 Å². The van der Waals surface area contributed by atoms with Crippen LogP contribution in [0.4, 0.5) is 0 Å². The fourth-order valence-electron chi connectivity index (χ4n) is 11.3. The van der Waals surface area contributed by atoms with Crippen molar-refractivity contribution in [2.24, 2.45) is 0 Å². The highest BCUT2D eigenvalue weighted by molar-refractivity contribution is 6.66. The van der Waals surface area contributed by atoms with Crippen molar-refractivity contribution in [1.29, 1.82) is 0 Å². The molecule has 2 aromatic heterocycles. The van der Waals surface area contributed by atoms with Gasteiger partial charge in [-0.1, -0.05) is 260 Å². The van der Waals surface area contributed by atoms with Gasteiger partial charge in [-0.2, -0.15) is 0 Å². The van der Waals surface area contributed by atoms with Crippen molar-refractivity contribution in [2.75, 3.05) is 0 Å². The largest absolute Gasteiger partial charge is 0.489 e. The van der Waals surface area contributed by atoms with Gasteiger partial charge in [-0.25, -0.2) is 0 Å². The Hall–Kier alpha value is -10.3. The summed E-state index contributed by atoms with van der Waals surface area (Å²) in [7, 11) is -1.72. The number of hydrogen-bond acceptors (Lipinski definition) is 4. The molecule has 0 fully saturated rings. The molecule has 0 radical (unpaired) electrons. The van der Waals surface area contributed by atoms with Crippen LogP contribution >= 0.6 is 0 Å². The molecule has 14 aromatic carbocycles. The fourth-order valence-corrected chi connectivity index (χ4v) is 11.3. The molecule has 5 heteroatoms. The van der Waals surface area contributed by atoms with Crippen molar-refractivity contribution in [2.45, 2.75) is 6.92 Å². The molecule has 2 N–H and O–H groups in total. The van der Waals surface area contributed by atoms with Crippen molar-refractivity contribution >= 4 is 99.5 Å². The first-order valence-corrected chi connectivity index (χ1v) is 26.1. The number of furan rings is 2. The van der Waals surface area contributed by atoms with Gasteiger partial charge in [0.05, 0.1) is 27.4 Å². The molecule has 0 aliphatic rings. The lowest BCUT2D eigenvalue weighted by atomic mass is 9.72. The van der Waals surface area contributed by atoms with Crippen LogP contribution in [-0.2, 0) is 0 Å². The predicted octanol–water partition coefficient (Wildman–Crippen LogP) is 19.8. The second-order valence-corrected chi connectivity index (χ2v) is 19.4. The van der Waals surface area contributed by atoms with E-state index in [1.807, 2.05) is 97.9 Å². The van der Waals surface area contributed by atoms with Gasteiger partial charge in [0.15, 0.2) is 0 Å². The molecule has 0 aliphatic heterocycles. The lowest BCUT2D eigenvalue weighted by molar-refractivity contribution is 0.426. The molecule has 82 heavy (non-hydrogen) atoms. The summed E-state index contributed by atoms with van der Waals surface area (Å²) in [6, 6.07) is 44.4. The summed E-state index contributed by atoms with van der Waals surface area (Å²) in [5.74, 6) is 0. The monoisotopic (exact) mass is 1070 g/mol. The number of rotatable bonds is 6. The zero-order valence-electron chi connectivity index (χ0n) is 63.5. The van der Waals surface area contributed by atoms with Gasteiger partial charge in [0.1, 0.15) is 22.3 Å². The van der Waals surface area contributed by atoms with E-state index in [9.17, 15) is 10.0 Å². The third-order valence-corrected chi connectivity index (χ3v) is 14.6. The Kier molecular flexibility index (Phi) is 8.53. The SMILES string of the molecule is [2H]c1c([2H])c([2H])c(-c2c3ccccc3c(-c3ccc4oc5cccc(-c6c([2H])c([2H])c([2H])c([2H])c6[2H])c5c4c3)c3ccccc23)c([2H])c1[2H].[2H]c1c([2H])c([2H])c(-c2c3ccccc3c(B(O)O)c3ccccc23)c([2H])c1[2H].[2H]c1c([2H])c([2H])c(-c2cccc3oc4ccc(C)cc4c23)c([2H])c1[2H]. The smallest absolute Gasteiger partial charge is 0.456 e. The Labute approximate surface area is 503 Å². The molecule has 0 spiro atoms. The first kappa shape index (κ1) is 32.7. The van der Waals surface area contributed by atoms with Crippen LogP contribution in [0.1, 0.15) is 33.0 Å². The van der Waals surface area contributed by atoms with Crippen LogP contribution in [0.25, 0.3) is 143 Å². The molecular weight excluding hydrogens is 1000 g/mol. The van der Waals surface area contributed by atoms with E-state index in [1.54, 1.807) is 78.9 Å². The van der Waals surface area contributed by atoms with E-state index in [1.165, 1.54) is 0 Å². The minimum atomic E-state index is -1.72. The molecule has 0 bridgehead atoms. The summed E-state index contributed by atoms with van der Waals surface area (Å²) in [5.41, 5.74) is 8.02. The molecule has 16 aromatic rings. The maximum atomic E-state index is 10.0. The molecule has 4 nitrogen and oxygen atoms in total. The number of fused-ring (bicyclic) bond motifs is 10. The van der Waals surface area contributed by atoms with E-state index in [4.69, 9.17) is 36.2 Å². The minimum absolute atomic E-state index is 0.0866. The van der Waals surface area contributed by atoms with Gasteiger partial charge in [0.2, 0.25) is 0 Å². The predicted molar refractivity (Wildman–Crippen MR) is 346 cm³/mol. The van der Waals surface area contributed by atoms with Crippen LogP contribution < -0.4 is 5.46 Å². The van der Waals surface area contributed by atoms with Gasteiger partial charge in [0, 0.05) is 21.5 Å². The quantitative estimate of drug-likeness (QED) is 0.129. The average molecular weight is 1070 g/mol. The summed E-state index contributed by atoms with van der Waals surface area (Å²) < 4.78 is 177. The van der Waals surface area contributed by atoms with E-state index >= 15 is 0 Å². The number of aryl methyl sites for hydroxylation is 1. The van der Waals surface area contributed by atoms with Crippen molar-refractivity contribution in [3.63, 3.8) is 0 Å². The van der Waals surface area contributed by atoms with Crippen LogP contribution in [-0.4, -0.2) is 17.2 Å². The van der Waals surface area contributed by atoms with Gasteiger partial charge in [-0.15, -0.1) is 0 Å². The van der Waals surface area contributed by atoms with Crippen LogP contribution in [0, 0.1) is 6.92 Å². The minimum Gasteiger partial charge on any atom is -0.456 e. The second-order valence-electron chi connectivity index (χ2n) is 19.4. The van der Waals surface area contributed by atoms with Crippen LogP contribution in [0.5, 0.6) is 0 Å². The topological polar surface area (TPSA) is 66.7 Å². The zero-order chi connectivity index (χ0) is 72.5. The van der Waals surface area contributed by atoms with Crippen molar-refractivity contribution in [1.82, 2.24) is 0 Å². The van der Waals surface area contributed by atoms with Gasteiger partial charge in [0.25, 0.3) is 0 Å². The summed E-state index contributed by atoms with van der Waals surface area (Å²) in [5, 5.41) is 28.3. The van der Waals surface area contributed by atoms with Gasteiger partial charge in [-0.05, 0) is 148 Å². The number of hydrogen-bond donors (Lipinski definition) is 2. The Morgan fingerprint density at radius 2 is 0.646 bits per heavy atom. The Bertz CT molecular complexity index is 6060. The van der Waals surface area contributed by atoms with E-state index in [2.05, 4.69) is 0 Å². The highest BCUT2D eigenvalue weighted by Gasteiger charge is 2.23. The van der Waals surface area contributed by atoms with E-state index in [0.29, 0.717) is 93.1 Å². The fraction of sp³-hybridized carbons (Fsp3) is 0.0130. The molecule has 0 amide bonds. The lowest BCUT2D eigenvalue weighted by Gasteiger charge is -2.17. The normalized spacial score (nSPS) is 14.8. The molecule has 0 unspecified atom stereocenters. The third-order valence-electron chi connectivity index (χ3n) is 14.6. The Morgan fingerprint density at radius 3 is 1.05 bits per heavy atom. The first-order chi connectivity index (χ1) is 48.7. The zero-order valence-corrected chi connectivity index (χ0v) is 43.5. The molecule has 0 atom stereocenters. The Morgan fingerprint density at radius 1 is 0.305 bits per heavy atom. The Balaban J connectivity index is 0.000000141. The third kappa shape index (κ3) is 8.95. The standard InChI is InChI=1S/C38H24O.C20H15BO2.C19H14O/c1-3-12-25(13-4-1)28-20-11-21-35-38(28)33-24-27(22-23-34(33)39-35)37-31-18-9-7-16-29(31)36(26-14-5-2-6-15-26)30-17-8-10-19-32(30)37;22-21(23)20-17-12-6-4-10-15(17)19(14-8-2-1-3-9-14)16-11-5-7-13-18(16)20;1-13-10-11-17-16(12-13)19-15(8-5-9-18(19)20-17)14-6-3-2-4-7-14/h1-24H;1-13,22-23H;2-12H,1H3/i1D,2D,3D,4D,5D,6D,12D,13D,14D,15D;1D,2D,3D,8D,9D;2D,3D,4D,6D,7D. The van der Waals surface area contributed by atoms with Crippen LogP contribution in [0.2, 0.25) is 0 Å². The van der Waals surface area contributed by atoms with Crippen LogP contribution in [0.3, 0.4) is 0 Å². The molecule has 16 rings (SSSR count). The van der Waals surface area contributed by atoms with Gasteiger partial charge >= 0.3 is 7.12 Å². The average Bonchev–Trinajstić information content (AvgIpc) is 0.881. The molecule has 2 heterocycles. The lowest BCUT2D eigenvalue weighted by Crippen LogP contribution is -2.31. The molecular formula is C77H53BO4. The summed E-state index contributed by atoms with van der Waals surface area (Å²) in [6.07, 6.45) is 0. The molecule has 0 aliphatic carbocycles. The molecule has 0 saturated carbocycles. The van der Waals surface area contributed by atoms with E-state index in [0.717, 1.165) is 38.2 Å². The summed E-state index contributed by atoms with van der Waals surface area (Å²) in [4.78, 5) is 0. The maximum absolute atomic E-state index is 10.0. The van der Waals surface area contributed by atoms with Gasteiger partial charge < -0.3 is 18.9 Å². The highest BCUT2D eigenvalue weighted by atomic mass is 16.4. The first-order valence-electron chi connectivity index (χ1n) is 36.1.